The zero-order valence-electron chi connectivity index (χ0n) is 9.43. The van der Waals surface area contributed by atoms with Crippen molar-refractivity contribution in [2.24, 2.45) is 0 Å². The normalized spacial score (nSPS) is 12.8. The van der Waals surface area contributed by atoms with E-state index in [-0.39, 0.29) is 11.2 Å². The van der Waals surface area contributed by atoms with Crippen LogP contribution in [-0.2, 0) is 0 Å². The maximum Gasteiger partial charge on any atom is 0.129 e. The van der Waals surface area contributed by atoms with E-state index < -0.39 is 0 Å². The minimum atomic E-state index is -0.234. The number of halogens is 3. The minimum absolute atomic E-state index is 0.150. The van der Waals surface area contributed by atoms with Crippen molar-refractivity contribution in [2.75, 3.05) is 0 Å². The molecule has 0 fully saturated rings. The Balaban J connectivity index is 2.45. The molecule has 0 saturated carbocycles. The molecule has 0 spiro atoms. The third-order valence-corrected chi connectivity index (χ3v) is 5.16. The van der Waals surface area contributed by atoms with Crippen LogP contribution < -0.4 is 0 Å². The first-order valence-corrected chi connectivity index (χ1v) is 7.25. The molecule has 0 aliphatic carbocycles. The molecule has 2 rings (SSSR count). The average molecular weight is 334 g/mol. The van der Waals surface area contributed by atoms with E-state index in [1.54, 1.807) is 25.2 Å². The lowest BCUT2D eigenvalue weighted by atomic mass is 10.0. The van der Waals surface area contributed by atoms with Crippen molar-refractivity contribution >= 4 is 38.9 Å². The Bertz CT molecular complexity index is 527. The molecule has 1 atom stereocenters. The molecular formula is C13H11BrClFS. The maximum absolute atomic E-state index is 13.5. The summed E-state index contributed by atoms with van der Waals surface area (Å²) in [5.74, 6) is -0.150. The lowest BCUT2D eigenvalue weighted by Gasteiger charge is -2.12. The molecule has 90 valence electrons. The lowest BCUT2D eigenvalue weighted by molar-refractivity contribution is 0.608. The van der Waals surface area contributed by atoms with Crippen molar-refractivity contribution in [3.63, 3.8) is 0 Å². The van der Waals surface area contributed by atoms with Crippen LogP contribution in [0.2, 0.25) is 0 Å². The molecule has 17 heavy (non-hydrogen) atoms. The summed E-state index contributed by atoms with van der Waals surface area (Å²) in [6.45, 7) is 3.53. The van der Waals surface area contributed by atoms with E-state index in [1.807, 2.05) is 23.6 Å². The van der Waals surface area contributed by atoms with Crippen LogP contribution >= 0.6 is 38.9 Å². The smallest absolute Gasteiger partial charge is 0.129 e. The zero-order chi connectivity index (χ0) is 12.6. The summed E-state index contributed by atoms with van der Waals surface area (Å²) in [5.41, 5.74) is 2.21. The summed E-state index contributed by atoms with van der Waals surface area (Å²) in [7, 11) is 0. The van der Waals surface area contributed by atoms with Crippen molar-refractivity contribution in [3.8, 4) is 0 Å². The Morgan fingerprint density at radius 3 is 2.35 bits per heavy atom. The monoisotopic (exact) mass is 332 g/mol. The summed E-state index contributed by atoms with van der Waals surface area (Å²) < 4.78 is 14.5. The van der Waals surface area contributed by atoms with Gasteiger partial charge in [-0.3, -0.25) is 0 Å². The van der Waals surface area contributed by atoms with Gasteiger partial charge in [0.25, 0.3) is 0 Å². The molecular weight excluding hydrogens is 323 g/mol. The standard InChI is InChI=1S/C13H11BrClFS/c1-7-5-9(6-8(2)12(7)16)11(15)13-10(14)3-4-17-13/h3-6,11H,1-2H3. The maximum atomic E-state index is 13.5. The van der Waals surface area contributed by atoms with Crippen LogP contribution in [0.3, 0.4) is 0 Å². The molecule has 0 amide bonds. The van der Waals surface area contributed by atoms with Gasteiger partial charge in [-0.1, -0.05) is 12.1 Å². The Morgan fingerprint density at radius 2 is 1.88 bits per heavy atom. The van der Waals surface area contributed by atoms with Gasteiger partial charge in [-0.15, -0.1) is 22.9 Å². The topological polar surface area (TPSA) is 0 Å². The largest absolute Gasteiger partial charge is 0.206 e. The van der Waals surface area contributed by atoms with Crippen molar-refractivity contribution in [1.29, 1.82) is 0 Å². The molecule has 0 aliphatic heterocycles. The van der Waals surface area contributed by atoms with E-state index in [2.05, 4.69) is 15.9 Å². The SMILES string of the molecule is Cc1cc(C(Cl)c2sccc2Br)cc(C)c1F. The third-order valence-electron chi connectivity index (χ3n) is 2.63. The predicted octanol–water partition coefficient (Wildman–Crippen LogP) is 5.59. The molecule has 0 aliphatic rings. The molecule has 1 aromatic heterocycles. The molecule has 0 radical (unpaired) electrons. The number of hydrogen-bond acceptors (Lipinski definition) is 1. The first-order valence-electron chi connectivity index (χ1n) is 5.14. The molecule has 0 nitrogen and oxygen atoms in total. The van der Waals surface area contributed by atoms with Gasteiger partial charge < -0.3 is 0 Å². The number of benzene rings is 1. The molecule has 0 saturated heterocycles. The molecule has 1 heterocycles. The first kappa shape index (κ1) is 13.1. The summed E-state index contributed by atoms with van der Waals surface area (Å²) in [4.78, 5) is 1.05. The molecule has 0 bridgehead atoms. The van der Waals surface area contributed by atoms with Gasteiger partial charge in [-0.05, 0) is 57.9 Å². The van der Waals surface area contributed by atoms with E-state index in [4.69, 9.17) is 11.6 Å². The Hall–Kier alpha value is -0.380. The van der Waals surface area contributed by atoms with Gasteiger partial charge in [0.05, 0.1) is 5.38 Å². The van der Waals surface area contributed by atoms with Crippen molar-refractivity contribution in [3.05, 3.63) is 55.4 Å². The summed E-state index contributed by atoms with van der Waals surface area (Å²) in [5, 5.41) is 1.75. The van der Waals surface area contributed by atoms with Crippen LogP contribution in [0.4, 0.5) is 4.39 Å². The molecule has 1 aromatic carbocycles. The Kier molecular flexibility index (Phi) is 3.91. The fraction of sp³-hybridized carbons (Fsp3) is 0.231. The fourth-order valence-electron chi connectivity index (χ4n) is 1.76. The molecule has 0 N–H and O–H groups in total. The van der Waals surface area contributed by atoms with Crippen LogP contribution in [-0.4, -0.2) is 0 Å². The summed E-state index contributed by atoms with van der Waals surface area (Å²) in [6, 6.07) is 5.59. The van der Waals surface area contributed by atoms with Crippen molar-refractivity contribution < 1.29 is 4.39 Å². The summed E-state index contributed by atoms with van der Waals surface area (Å²) >= 11 is 11.5. The van der Waals surface area contributed by atoms with Gasteiger partial charge in [-0.2, -0.15) is 0 Å². The highest BCUT2D eigenvalue weighted by Crippen LogP contribution is 2.38. The van der Waals surface area contributed by atoms with Gasteiger partial charge in [0, 0.05) is 9.35 Å². The van der Waals surface area contributed by atoms with E-state index in [0.717, 1.165) is 14.9 Å². The van der Waals surface area contributed by atoms with Crippen LogP contribution in [0.15, 0.2) is 28.1 Å². The van der Waals surface area contributed by atoms with E-state index in [0.29, 0.717) is 11.1 Å². The van der Waals surface area contributed by atoms with Gasteiger partial charge in [0.2, 0.25) is 0 Å². The van der Waals surface area contributed by atoms with E-state index in [1.165, 1.54) is 0 Å². The van der Waals surface area contributed by atoms with Crippen LogP contribution in [0.5, 0.6) is 0 Å². The van der Waals surface area contributed by atoms with Gasteiger partial charge >= 0.3 is 0 Å². The first-order chi connectivity index (χ1) is 8.00. The lowest BCUT2D eigenvalue weighted by Crippen LogP contribution is -1.96. The average Bonchev–Trinajstić information content (AvgIpc) is 2.70. The number of thiophene rings is 1. The minimum Gasteiger partial charge on any atom is -0.206 e. The second-order valence-corrected chi connectivity index (χ2v) is 6.20. The van der Waals surface area contributed by atoms with Crippen molar-refractivity contribution in [2.45, 2.75) is 19.2 Å². The predicted molar refractivity (Wildman–Crippen MR) is 75.6 cm³/mol. The number of hydrogen-bond donors (Lipinski definition) is 0. The van der Waals surface area contributed by atoms with Crippen LogP contribution in [0, 0.1) is 19.7 Å². The quantitative estimate of drug-likeness (QED) is 0.628. The number of aryl methyl sites for hydroxylation is 2. The third kappa shape index (κ3) is 2.56. The second-order valence-electron chi connectivity index (χ2n) is 3.96. The highest BCUT2D eigenvalue weighted by Gasteiger charge is 2.17. The summed E-state index contributed by atoms with van der Waals surface area (Å²) in [6.07, 6.45) is 0. The van der Waals surface area contributed by atoms with E-state index >= 15 is 0 Å². The van der Waals surface area contributed by atoms with Gasteiger partial charge in [0.15, 0.2) is 0 Å². The van der Waals surface area contributed by atoms with Crippen LogP contribution in [0.25, 0.3) is 0 Å². The Labute approximate surface area is 118 Å². The van der Waals surface area contributed by atoms with Crippen molar-refractivity contribution in [1.82, 2.24) is 0 Å². The fourth-order valence-corrected chi connectivity index (χ4v) is 3.90. The number of alkyl halides is 1. The van der Waals surface area contributed by atoms with Gasteiger partial charge in [-0.25, -0.2) is 4.39 Å². The highest BCUT2D eigenvalue weighted by atomic mass is 79.9. The molecule has 1 unspecified atom stereocenters. The number of rotatable bonds is 2. The van der Waals surface area contributed by atoms with Crippen LogP contribution in [0.1, 0.15) is 26.9 Å². The zero-order valence-corrected chi connectivity index (χ0v) is 12.6. The van der Waals surface area contributed by atoms with Gasteiger partial charge in [0.1, 0.15) is 5.82 Å². The second kappa shape index (κ2) is 5.09. The molecule has 2 aromatic rings. The van der Waals surface area contributed by atoms with E-state index in [9.17, 15) is 4.39 Å². The Morgan fingerprint density at radius 1 is 1.29 bits per heavy atom. The molecule has 4 heteroatoms. The highest BCUT2D eigenvalue weighted by molar-refractivity contribution is 9.10.